The van der Waals surface area contributed by atoms with Crippen LogP contribution >= 0.6 is 0 Å². The molecule has 0 saturated heterocycles. The molecule has 0 aliphatic carbocycles. The van der Waals surface area contributed by atoms with Gasteiger partial charge in [0.2, 0.25) is 0 Å². The molecule has 1 amide bonds. The third-order valence-corrected chi connectivity index (χ3v) is 5.45. The molecule has 6 heteroatoms. The summed E-state index contributed by atoms with van der Waals surface area (Å²) in [6.07, 6.45) is 1.43. The van der Waals surface area contributed by atoms with Gasteiger partial charge in [-0.2, -0.15) is 5.10 Å². The van der Waals surface area contributed by atoms with E-state index in [0.717, 1.165) is 12.0 Å². The molecule has 0 heterocycles. The van der Waals surface area contributed by atoms with Gasteiger partial charge in [0.1, 0.15) is 5.75 Å². The Hall–Kier alpha value is -3.15. The quantitative estimate of drug-likeness (QED) is 0.309. The molecule has 0 unspecified atom stereocenters. The normalized spacial score (nSPS) is 12.7. The van der Waals surface area contributed by atoms with E-state index < -0.39 is 11.8 Å². The van der Waals surface area contributed by atoms with Gasteiger partial charge in [0.15, 0.2) is 6.61 Å². The van der Waals surface area contributed by atoms with Crippen LogP contribution in [-0.4, -0.2) is 30.8 Å². The fourth-order valence-corrected chi connectivity index (χ4v) is 3.43. The molecular weight excluding hydrogens is 404 g/mol. The number of hydrazone groups is 1. The van der Waals surface area contributed by atoms with Crippen LogP contribution in [0, 0.1) is 5.92 Å². The number of rotatable bonds is 11. The van der Waals surface area contributed by atoms with Crippen LogP contribution in [0.25, 0.3) is 0 Å². The molecule has 2 aromatic carbocycles. The Morgan fingerprint density at radius 2 is 1.62 bits per heavy atom. The zero-order valence-corrected chi connectivity index (χ0v) is 19.7. The number of carbonyl (C=O) groups excluding carboxylic acids is 2. The van der Waals surface area contributed by atoms with E-state index in [9.17, 15) is 9.59 Å². The predicted molar refractivity (Wildman–Crippen MR) is 127 cm³/mol. The Labute approximate surface area is 191 Å². The van der Waals surface area contributed by atoms with Crippen molar-refractivity contribution in [3.8, 4) is 5.75 Å². The lowest BCUT2D eigenvalue weighted by molar-refractivity contribution is -0.145. The monoisotopic (exact) mass is 438 g/mol. The van der Waals surface area contributed by atoms with E-state index in [-0.39, 0.29) is 18.0 Å². The fourth-order valence-electron chi connectivity index (χ4n) is 3.43. The molecule has 6 nitrogen and oxygen atoms in total. The summed E-state index contributed by atoms with van der Waals surface area (Å²) in [5.41, 5.74) is 5.22. The lowest BCUT2D eigenvalue weighted by Gasteiger charge is -2.26. The average molecular weight is 439 g/mol. The summed E-state index contributed by atoms with van der Waals surface area (Å²) in [6, 6.07) is 18.1. The second-order valence-electron chi connectivity index (χ2n) is 8.19. The van der Waals surface area contributed by atoms with Gasteiger partial charge >= 0.3 is 5.97 Å². The van der Waals surface area contributed by atoms with Gasteiger partial charge in [0, 0.05) is 11.1 Å². The van der Waals surface area contributed by atoms with Crippen molar-refractivity contribution in [1.29, 1.82) is 0 Å². The number of hydrogen-bond acceptors (Lipinski definition) is 5. The molecule has 1 atom stereocenters. The van der Waals surface area contributed by atoms with Crippen molar-refractivity contribution in [2.45, 2.75) is 52.9 Å². The maximum atomic E-state index is 12.1. The second kappa shape index (κ2) is 12.0. The molecule has 172 valence electrons. The van der Waals surface area contributed by atoms with Crippen LogP contribution < -0.4 is 10.2 Å². The Morgan fingerprint density at radius 1 is 1.00 bits per heavy atom. The highest BCUT2D eigenvalue weighted by atomic mass is 16.5. The maximum absolute atomic E-state index is 12.1. The van der Waals surface area contributed by atoms with Crippen molar-refractivity contribution in [3.05, 3.63) is 65.7 Å². The van der Waals surface area contributed by atoms with Gasteiger partial charge in [0.25, 0.3) is 5.91 Å². The predicted octanol–water partition coefficient (Wildman–Crippen LogP) is 4.86. The molecule has 0 fully saturated rings. The first-order valence-electron chi connectivity index (χ1n) is 11.1. The van der Waals surface area contributed by atoms with Crippen LogP contribution in [-0.2, 0) is 19.7 Å². The summed E-state index contributed by atoms with van der Waals surface area (Å²) >= 11 is 0. The number of ether oxygens (including phenoxy) is 2. The van der Waals surface area contributed by atoms with Crippen molar-refractivity contribution >= 4 is 17.6 Å². The highest BCUT2D eigenvalue weighted by Crippen LogP contribution is 2.32. The van der Waals surface area contributed by atoms with E-state index in [0.29, 0.717) is 24.5 Å². The Balaban J connectivity index is 1.92. The molecule has 0 bridgehead atoms. The lowest BCUT2D eigenvalue weighted by atomic mass is 9.78. The molecule has 1 N–H and O–H groups in total. The smallest absolute Gasteiger partial charge is 0.314 e. The number of nitrogens with zero attached hydrogens (tertiary/aromatic N) is 1. The minimum atomic E-state index is -0.457. The highest BCUT2D eigenvalue weighted by molar-refractivity contribution is 6.01. The van der Waals surface area contributed by atoms with E-state index in [4.69, 9.17) is 9.47 Å². The van der Waals surface area contributed by atoms with Crippen LogP contribution in [0.5, 0.6) is 5.75 Å². The van der Waals surface area contributed by atoms with E-state index in [1.165, 1.54) is 5.56 Å². The number of benzene rings is 2. The van der Waals surface area contributed by atoms with E-state index in [1.807, 2.05) is 49.4 Å². The Morgan fingerprint density at radius 3 is 2.22 bits per heavy atom. The van der Waals surface area contributed by atoms with Gasteiger partial charge in [0.05, 0.1) is 12.5 Å². The van der Waals surface area contributed by atoms with Crippen molar-refractivity contribution in [1.82, 2.24) is 5.43 Å². The molecule has 0 spiro atoms. The summed E-state index contributed by atoms with van der Waals surface area (Å²) in [4.78, 5) is 24.2. The van der Waals surface area contributed by atoms with Crippen LogP contribution in [0.15, 0.2) is 59.7 Å². The molecule has 0 aliphatic rings. The molecular formula is C26H34N2O4. The first-order valence-corrected chi connectivity index (χ1v) is 11.1. The maximum Gasteiger partial charge on any atom is 0.314 e. The van der Waals surface area contributed by atoms with Crippen molar-refractivity contribution in [3.63, 3.8) is 0 Å². The third-order valence-electron chi connectivity index (χ3n) is 5.45. The highest BCUT2D eigenvalue weighted by Gasteiger charge is 2.23. The molecule has 32 heavy (non-hydrogen) atoms. The minimum Gasteiger partial charge on any atom is -0.484 e. The van der Waals surface area contributed by atoms with E-state index >= 15 is 0 Å². The second-order valence-corrected chi connectivity index (χ2v) is 8.19. The van der Waals surface area contributed by atoms with Crippen LogP contribution in [0.4, 0.5) is 0 Å². The number of nitrogens with one attached hydrogen (secondary N) is 1. The zero-order chi connectivity index (χ0) is 23.6. The summed E-state index contributed by atoms with van der Waals surface area (Å²) < 4.78 is 10.7. The van der Waals surface area contributed by atoms with E-state index in [2.05, 4.69) is 36.5 Å². The van der Waals surface area contributed by atoms with Crippen molar-refractivity contribution in [2.24, 2.45) is 11.0 Å². The third kappa shape index (κ3) is 6.94. The number of esters is 1. The van der Waals surface area contributed by atoms with E-state index in [1.54, 1.807) is 13.8 Å². The Kier molecular flexibility index (Phi) is 9.44. The van der Waals surface area contributed by atoms with Gasteiger partial charge in [-0.05, 0) is 43.5 Å². The van der Waals surface area contributed by atoms with Gasteiger partial charge in [-0.15, -0.1) is 0 Å². The standard InChI is InChI=1S/C26H34N2O4/c1-6-11-23(25(30)31-7-2)19(3)27-28-24(29)18-32-22-16-14-21(15-17-22)26(4,5)20-12-9-8-10-13-20/h8-10,12-17,23H,6-7,11,18H2,1-5H3,(H,28,29)/b27-19+/t23-/m1/s1. The Bertz CT molecular complexity index is 905. The van der Waals surface area contributed by atoms with Gasteiger partial charge in [-0.3, -0.25) is 9.59 Å². The zero-order valence-electron chi connectivity index (χ0n) is 19.7. The fraction of sp³-hybridized carbons (Fsp3) is 0.423. The van der Waals surface area contributed by atoms with Gasteiger partial charge in [-0.1, -0.05) is 69.7 Å². The van der Waals surface area contributed by atoms with Crippen molar-refractivity contribution < 1.29 is 19.1 Å². The first kappa shape index (κ1) is 25.1. The molecule has 2 aromatic rings. The number of hydrogen-bond donors (Lipinski definition) is 1. The number of amides is 1. The largest absolute Gasteiger partial charge is 0.484 e. The summed E-state index contributed by atoms with van der Waals surface area (Å²) in [5, 5.41) is 4.07. The topological polar surface area (TPSA) is 77.0 Å². The van der Waals surface area contributed by atoms with Crippen LogP contribution in [0.1, 0.15) is 58.6 Å². The average Bonchev–Trinajstić information content (AvgIpc) is 2.80. The molecule has 0 saturated carbocycles. The summed E-state index contributed by atoms with van der Waals surface area (Å²) in [6.45, 7) is 9.96. The first-order chi connectivity index (χ1) is 15.3. The summed E-state index contributed by atoms with van der Waals surface area (Å²) in [7, 11) is 0. The number of carbonyl (C=O) groups is 2. The molecule has 0 radical (unpaired) electrons. The van der Waals surface area contributed by atoms with Gasteiger partial charge < -0.3 is 9.47 Å². The van der Waals surface area contributed by atoms with Crippen LogP contribution in [0.2, 0.25) is 0 Å². The SMILES string of the molecule is CCC[C@@H](C(=O)OCC)/C(C)=N/NC(=O)COc1ccc(C(C)(C)c2ccccc2)cc1. The lowest BCUT2D eigenvalue weighted by Crippen LogP contribution is -2.30. The van der Waals surface area contributed by atoms with Gasteiger partial charge in [-0.25, -0.2) is 5.43 Å². The molecule has 0 aromatic heterocycles. The van der Waals surface area contributed by atoms with Crippen molar-refractivity contribution in [2.75, 3.05) is 13.2 Å². The minimum absolute atomic E-state index is 0.142. The molecule has 2 rings (SSSR count). The molecule has 0 aliphatic heterocycles. The van der Waals surface area contributed by atoms with Crippen LogP contribution in [0.3, 0.4) is 0 Å². The summed E-state index contributed by atoms with van der Waals surface area (Å²) in [5.74, 6) is -0.567.